The maximum Gasteiger partial charge on any atom is 0.260 e. The number of para-hydroxylation sites is 1. The van der Waals surface area contributed by atoms with E-state index in [1.807, 2.05) is 24.3 Å². The number of hydrogen-bond donors (Lipinski definition) is 1. The molecular formula is C14H19NO2. The van der Waals surface area contributed by atoms with Gasteiger partial charge in [0.05, 0.1) is 0 Å². The van der Waals surface area contributed by atoms with Crippen LogP contribution in [0.25, 0.3) is 0 Å². The minimum atomic E-state index is -0.428. The Labute approximate surface area is 102 Å². The molecule has 0 radical (unpaired) electrons. The normalized spacial score (nSPS) is 16.4. The van der Waals surface area contributed by atoms with E-state index in [-0.39, 0.29) is 5.91 Å². The molecule has 0 bridgehead atoms. The van der Waals surface area contributed by atoms with Crippen molar-refractivity contribution in [2.75, 3.05) is 0 Å². The number of carbonyl (C=O) groups excluding carboxylic acids is 1. The number of carbonyl (C=O) groups is 1. The smallest absolute Gasteiger partial charge is 0.260 e. The summed E-state index contributed by atoms with van der Waals surface area (Å²) < 4.78 is 5.71. The summed E-state index contributed by atoms with van der Waals surface area (Å²) >= 11 is 0. The van der Waals surface area contributed by atoms with Crippen LogP contribution in [0, 0.1) is 0 Å². The van der Waals surface area contributed by atoms with E-state index in [2.05, 4.69) is 12.2 Å². The summed E-state index contributed by atoms with van der Waals surface area (Å²) in [4.78, 5) is 11.8. The van der Waals surface area contributed by atoms with Gasteiger partial charge in [-0.2, -0.15) is 0 Å². The van der Waals surface area contributed by atoms with Crippen LogP contribution in [0.2, 0.25) is 0 Å². The highest BCUT2D eigenvalue weighted by Crippen LogP contribution is 2.21. The van der Waals surface area contributed by atoms with Crippen LogP contribution in [0.1, 0.15) is 32.3 Å². The zero-order chi connectivity index (χ0) is 12.3. The highest BCUT2D eigenvalue weighted by atomic mass is 16.5. The maximum absolute atomic E-state index is 11.8. The largest absolute Gasteiger partial charge is 0.481 e. The number of hydrogen-bond acceptors (Lipinski definition) is 2. The highest BCUT2D eigenvalue weighted by Gasteiger charge is 2.26. The average molecular weight is 233 g/mol. The van der Waals surface area contributed by atoms with Gasteiger partial charge in [-0.3, -0.25) is 4.79 Å². The van der Waals surface area contributed by atoms with Crippen molar-refractivity contribution in [3.05, 3.63) is 29.8 Å². The molecule has 0 heterocycles. The second kappa shape index (κ2) is 5.21. The van der Waals surface area contributed by atoms with Crippen molar-refractivity contribution < 1.29 is 9.53 Å². The Balaban J connectivity index is 1.96. The molecule has 0 saturated heterocycles. The predicted octanol–water partition coefficient (Wildman–Crippen LogP) is 2.29. The van der Waals surface area contributed by atoms with Crippen LogP contribution >= 0.6 is 0 Å². The average Bonchev–Trinajstić information content (AvgIpc) is 3.13. The molecule has 1 aromatic carbocycles. The Morgan fingerprint density at radius 3 is 2.82 bits per heavy atom. The Morgan fingerprint density at radius 2 is 2.18 bits per heavy atom. The third kappa shape index (κ3) is 3.22. The molecule has 2 rings (SSSR count). The first kappa shape index (κ1) is 12.0. The predicted molar refractivity (Wildman–Crippen MR) is 67.1 cm³/mol. The molecule has 3 heteroatoms. The van der Waals surface area contributed by atoms with Crippen molar-refractivity contribution in [2.45, 2.75) is 45.3 Å². The molecule has 1 unspecified atom stereocenters. The van der Waals surface area contributed by atoms with Gasteiger partial charge in [-0.1, -0.05) is 25.1 Å². The van der Waals surface area contributed by atoms with Crippen LogP contribution in [0.15, 0.2) is 24.3 Å². The lowest BCUT2D eigenvalue weighted by Gasteiger charge is -2.16. The second-order valence-corrected chi connectivity index (χ2v) is 4.50. The van der Waals surface area contributed by atoms with Crippen LogP contribution in [0.4, 0.5) is 0 Å². The number of nitrogens with one attached hydrogen (secondary N) is 1. The summed E-state index contributed by atoms with van der Waals surface area (Å²) in [6, 6.07) is 8.25. The molecule has 92 valence electrons. The molecule has 1 atom stereocenters. The van der Waals surface area contributed by atoms with Gasteiger partial charge in [0.25, 0.3) is 5.91 Å². The van der Waals surface area contributed by atoms with Gasteiger partial charge >= 0.3 is 0 Å². The van der Waals surface area contributed by atoms with E-state index in [4.69, 9.17) is 4.74 Å². The third-order valence-electron chi connectivity index (χ3n) is 2.95. The fourth-order valence-electron chi connectivity index (χ4n) is 1.70. The molecule has 1 aromatic rings. The Morgan fingerprint density at radius 1 is 1.47 bits per heavy atom. The van der Waals surface area contributed by atoms with E-state index < -0.39 is 6.10 Å². The van der Waals surface area contributed by atoms with Crippen molar-refractivity contribution in [2.24, 2.45) is 0 Å². The maximum atomic E-state index is 11.8. The zero-order valence-corrected chi connectivity index (χ0v) is 10.4. The first-order valence-corrected chi connectivity index (χ1v) is 6.25. The summed E-state index contributed by atoms with van der Waals surface area (Å²) in [6.45, 7) is 3.88. The van der Waals surface area contributed by atoms with Crippen LogP contribution < -0.4 is 10.1 Å². The molecule has 1 amide bonds. The van der Waals surface area contributed by atoms with Gasteiger partial charge in [-0.25, -0.2) is 0 Å². The van der Waals surface area contributed by atoms with Crippen LogP contribution in [-0.4, -0.2) is 18.1 Å². The van der Waals surface area contributed by atoms with E-state index >= 15 is 0 Å². The number of benzene rings is 1. The quantitative estimate of drug-likeness (QED) is 0.847. The minimum absolute atomic E-state index is 0.0154. The van der Waals surface area contributed by atoms with Crippen LogP contribution in [0.3, 0.4) is 0 Å². The molecule has 1 N–H and O–H groups in total. The van der Waals surface area contributed by atoms with Gasteiger partial charge in [0.15, 0.2) is 6.10 Å². The molecule has 0 spiro atoms. The summed E-state index contributed by atoms with van der Waals surface area (Å²) in [7, 11) is 0. The fourth-order valence-corrected chi connectivity index (χ4v) is 1.70. The van der Waals surface area contributed by atoms with E-state index in [9.17, 15) is 4.79 Å². The topological polar surface area (TPSA) is 38.3 Å². The SMILES string of the molecule is CCc1ccccc1OC(C)C(=O)NC1CC1. The van der Waals surface area contributed by atoms with Crippen molar-refractivity contribution in [3.63, 3.8) is 0 Å². The standard InChI is InChI=1S/C14H19NO2/c1-3-11-6-4-5-7-13(11)17-10(2)14(16)15-12-8-9-12/h4-7,10,12H,3,8-9H2,1-2H3,(H,15,16). The Hall–Kier alpha value is -1.51. The summed E-state index contributed by atoms with van der Waals surface area (Å²) in [5.41, 5.74) is 1.14. The minimum Gasteiger partial charge on any atom is -0.481 e. The molecule has 3 nitrogen and oxygen atoms in total. The van der Waals surface area contributed by atoms with E-state index in [1.165, 1.54) is 0 Å². The van der Waals surface area contributed by atoms with Gasteiger partial charge < -0.3 is 10.1 Å². The summed E-state index contributed by atoms with van der Waals surface area (Å²) in [5, 5.41) is 2.95. The van der Waals surface area contributed by atoms with E-state index in [1.54, 1.807) is 6.92 Å². The first-order chi connectivity index (χ1) is 8.20. The van der Waals surface area contributed by atoms with Gasteiger partial charge in [0.1, 0.15) is 5.75 Å². The molecule has 0 aliphatic heterocycles. The van der Waals surface area contributed by atoms with Gasteiger partial charge in [-0.15, -0.1) is 0 Å². The van der Waals surface area contributed by atoms with Crippen LogP contribution in [-0.2, 0) is 11.2 Å². The lowest BCUT2D eigenvalue weighted by molar-refractivity contribution is -0.127. The van der Waals surface area contributed by atoms with Gasteiger partial charge in [-0.05, 0) is 37.8 Å². The molecular weight excluding hydrogens is 214 g/mol. The van der Waals surface area contributed by atoms with Gasteiger partial charge in [0.2, 0.25) is 0 Å². The molecule has 1 aliphatic carbocycles. The summed E-state index contributed by atoms with van der Waals surface area (Å²) in [5.74, 6) is 0.798. The summed E-state index contributed by atoms with van der Waals surface area (Å²) in [6.07, 6.45) is 2.68. The molecule has 17 heavy (non-hydrogen) atoms. The molecule has 1 fully saturated rings. The van der Waals surface area contributed by atoms with Gasteiger partial charge in [0, 0.05) is 6.04 Å². The monoisotopic (exact) mass is 233 g/mol. The first-order valence-electron chi connectivity index (χ1n) is 6.25. The Kier molecular flexibility index (Phi) is 3.67. The second-order valence-electron chi connectivity index (χ2n) is 4.50. The van der Waals surface area contributed by atoms with Crippen molar-refractivity contribution in [1.82, 2.24) is 5.32 Å². The lowest BCUT2D eigenvalue weighted by atomic mass is 10.1. The number of ether oxygens (including phenoxy) is 1. The third-order valence-corrected chi connectivity index (χ3v) is 2.95. The fraction of sp³-hybridized carbons (Fsp3) is 0.500. The zero-order valence-electron chi connectivity index (χ0n) is 10.4. The number of rotatable bonds is 5. The van der Waals surface area contributed by atoms with Crippen molar-refractivity contribution >= 4 is 5.91 Å². The van der Waals surface area contributed by atoms with E-state index in [0.717, 1.165) is 30.6 Å². The van der Waals surface area contributed by atoms with Crippen LogP contribution in [0.5, 0.6) is 5.75 Å². The Bertz CT molecular complexity index is 399. The molecule has 1 saturated carbocycles. The van der Waals surface area contributed by atoms with Crippen molar-refractivity contribution in [1.29, 1.82) is 0 Å². The van der Waals surface area contributed by atoms with Crippen molar-refractivity contribution in [3.8, 4) is 5.75 Å². The van der Waals surface area contributed by atoms with E-state index in [0.29, 0.717) is 6.04 Å². The number of amides is 1. The molecule has 1 aliphatic rings. The highest BCUT2D eigenvalue weighted by molar-refractivity contribution is 5.81. The molecule has 0 aromatic heterocycles. The number of aryl methyl sites for hydroxylation is 1. The lowest BCUT2D eigenvalue weighted by Crippen LogP contribution is -2.37.